The molecule has 1 saturated heterocycles. The van der Waals surface area contributed by atoms with Crippen LogP contribution in [0, 0.1) is 5.82 Å². The van der Waals surface area contributed by atoms with Crippen molar-refractivity contribution in [3.63, 3.8) is 0 Å². The van der Waals surface area contributed by atoms with Crippen molar-refractivity contribution < 1.29 is 23.5 Å². The number of nitrogens with zero attached hydrogens (tertiary/aromatic N) is 1. The number of hydrogen-bond donors (Lipinski definition) is 2. The molecular weight excluding hydrogens is 377 g/mol. The Labute approximate surface area is 167 Å². The van der Waals surface area contributed by atoms with E-state index >= 15 is 0 Å². The molecule has 1 fully saturated rings. The van der Waals surface area contributed by atoms with E-state index in [-0.39, 0.29) is 18.2 Å². The number of carbonyl (C=O) groups is 3. The summed E-state index contributed by atoms with van der Waals surface area (Å²) >= 11 is 0. The molecule has 4 amide bonds. The minimum absolute atomic E-state index is 0.140. The van der Waals surface area contributed by atoms with Crippen LogP contribution in [-0.2, 0) is 16.1 Å². The zero-order valence-electron chi connectivity index (χ0n) is 16.4. The van der Waals surface area contributed by atoms with Gasteiger partial charge in [0.15, 0.2) is 6.10 Å². The van der Waals surface area contributed by atoms with Gasteiger partial charge in [-0.3, -0.25) is 14.5 Å². The predicted octanol–water partition coefficient (Wildman–Crippen LogP) is 3.06. The molecule has 0 bridgehead atoms. The Morgan fingerprint density at radius 1 is 1.21 bits per heavy atom. The second kappa shape index (κ2) is 7.90. The van der Waals surface area contributed by atoms with Gasteiger partial charge in [-0.15, -0.1) is 0 Å². The first-order valence-electron chi connectivity index (χ1n) is 9.12. The second-order valence-electron chi connectivity index (χ2n) is 7.35. The molecule has 29 heavy (non-hydrogen) atoms. The maximum atomic E-state index is 13.2. The lowest BCUT2D eigenvalue weighted by Gasteiger charge is -2.17. The van der Waals surface area contributed by atoms with Crippen molar-refractivity contribution in [2.24, 2.45) is 0 Å². The summed E-state index contributed by atoms with van der Waals surface area (Å²) in [5.74, 6) is -0.861. The molecule has 1 atom stereocenters. The number of urea groups is 1. The molecule has 1 aliphatic rings. The summed E-state index contributed by atoms with van der Waals surface area (Å²) in [4.78, 5) is 37.7. The smallest absolute Gasteiger partial charge is 0.325 e. The fourth-order valence-corrected chi connectivity index (χ4v) is 2.88. The van der Waals surface area contributed by atoms with E-state index < -0.39 is 29.4 Å². The van der Waals surface area contributed by atoms with Gasteiger partial charge < -0.3 is 15.4 Å². The molecule has 0 unspecified atom stereocenters. The quantitative estimate of drug-likeness (QED) is 0.731. The molecule has 0 aromatic heterocycles. The van der Waals surface area contributed by atoms with Gasteiger partial charge in [0.25, 0.3) is 11.8 Å². The Morgan fingerprint density at radius 2 is 1.90 bits per heavy atom. The summed E-state index contributed by atoms with van der Waals surface area (Å²) in [5.41, 5.74) is 0.363. The molecule has 2 N–H and O–H groups in total. The topological polar surface area (TPSA) is 87.7 Å². The van der Waals surface area contributed by atoms with Crippen molar-refractivity contribution in [3.8, 4) is 5.75 Å². The van der Waals surface area contributed by atoms with E-state index in [0.717, 1.165) is 10.5 Å². The van der Waals surface area contributed by atoms with Crippen molar-refractivity contribution >= 4 is 23.5 Å². The standard InChI is InChI=1S/C21H22FN3O4/c1-13(29-17-6-4-5-15(22)11-17)18(26)23-16-9-7-14(8-10-16)12-25-19(27)21(2,3)24-20(25)28/h4-11,13H,12H2,1-3H3,(H,23,26)(H,24,28)/t13-/m0/s1. The Kier molecular flexibility index (Phi) is 5.54. The number of imide groups is 1. The largest absolute Gasteiger partial charge is 0.481 e. The third kappa shape index (κ3) is 4.71. The highest BCUT2D eigenvalue weighted by Crippen LogP contribution is 2.20. The number of carbonyl (C=O) groups excluding carboxylic acids is 3. The Hall–Kier alpha value is -3.42. The van der Waals surface area contributed by atoms with E-state index in [9.17, 15) is 18.8 Å². The molecule has 2 aromatic carbocycles. The third-order valence-corrected chi connectivity index (χ3v) is 4.48. The average Bonchev–Trinajstić information content (AvgIpc) is 2.84. The molecule has 152 valence electrons. The van der Waals surface area contributed by atoms with E-state index in [1.807, 2.05) is 0 Å². The summed E-state index contributed by atoms with van der Waals surface area (Å²) in [7, 11) is 0. The lowest BCUT2D eigenvalue weighted by Crippen LogP contribution is -2.40. The van der Waals surface area contributed by atoms with Crippen LogP contribution in [0.25, 0.3) is 0 Å². The second-order valence-corrected chi connectivity index (χ2v) is 7.35. The van der Waals surface area contributed by atoms with E-state index in [1.165, 1.54) is 18.2 Å². The number of anilines is 1. The predicted molar refractivity (Wildman–Crippen MR) is 105 cm³/mol. The van der Waals surface area contributed by atoms with Gasteiger partial charge in [-0.25, -0.2) is 9.18 Å². The SMILES string of the molecule is C[C@H](Oc1cccc(F)c1)C(=O)Nc1ccc(CN2C(=O)NC(C)(C)C2=O)cc1. The van der Waals surface area contributed by atoms with Crippen LogP contribution in [-0.4, -0.2) is 34.4 Å². The van der Waals surface area contributed by atoms with Gasteiger partial charge in [-0.05, 0) is 50.6 Å². The van der Waals surface area contributed by atoms with Gasteiger partial charge in [-0.1, -0.05) is 18.2 Å². The van der Waals surface area contributed by atoms with Gasteiger partial charge >= 0.3 is 6.03 Å². The third-order valence-electron chi connectivity index (χ3n) is 4.48. The fraction of sp³-hybridized carbons (Fsp3) is 0.286. The summed E-state index contributed by atoms with van der Waals surface area (Å²) in [5, 5.41) is 5.34. The highest BCUT2D eigenvalue weighted by molar-refractivity contribution is 6.06. The normalized spacial score (nSPS) is 16.3. The monoisotopic (exact) mass is 399 g/mol. The van der Waals surface area contributed by atoms with Crippen LogP contribution in [0.15, 0.2) is 48.5 Å². The number of rotatable bonds is 6. The first-order valence-corrected chi connectivity index (χ1v) is 9.12. The number of ether oxygens (including phenoxy) is 1. The molecular formula is C21H22FN3O4. The number of amides is 4. The highest BCUT2D eigenvalue weighted by Gasteiger charge is 2.44. The van der Waals surface area contributed by atoms with Gasteiger partial charge in [0.05, 0.1) is 6.54 Å². The van der Waals surface area contributed by atoms with Crippen molar-refractivity contribution in [1.29, 1.82) is 0 Å². The molecule has 0 radical (unpaired) electrons. The molecule has 0 aliphatic carbocycles. The number of hydrogen-bond acceptors (Lipinski definition) is 4. The lowest BCUT2D eigenvalue weighted by atomic mass is 10.1. The van der Waals surface area contributed by atoms with Crippen LogP contribution in [0.3, 0.4) is 0 Å². The summed E-state index contributed by atoms with van der Waals surface area (Å²) in [6.45, 7) is 5.01. The lowest BCUT2D eigenvalue weighted by molar-refractivity contribution is -0.130. The molecule has 1 aliphatic heterocycles. The minimum atomic E-state index is -0.914. The average molecular weight is 399 g/mol. The number of halogens is 1. The molecule has 0 saturated carbocycles. The van der Waals surface area contributed by atoms with E-state index in [1.54, 1.807) is 51.1 Å². The molecule has 0 spiro atoms. The number of benzene rings is 2. The maximum Gasteiger partial charge on any atom is 0.325 e. The number of nitrogens with one attached hydrogen (secondary N) is 2. The molecule has 7 nitrogen and oxygen atoms in total. The molecule has 2 aromatic rings. The summed E-state index contributed by atoms with van der Waals surface area (Å²) < 4.78 is 18.7. The van der Waals surface area contributed by atoms with Crippen molar-refractivity contribution in [3.05, 3.63) is 59.9 Å². The van der Waals surface area contributed by atoms with Gasteiger partial charge in [0.1, 0.15) is 17.1 Å². The van der Waals surface area contributed by atoms with E-state index in [2.05, 4.69) is 10.6 Å². The van der Waals surface area contributed by atoms with Crippen LogP contribution in [0.1, 0.15) is 26.3 Å². The molecule has 3 rings (SSSR count). The van der Waals surface area contributed by atoms with Crippen molar-refractivity contribution in [2.75, 3.05) is 5.32 Å². The van der Waals surface area contributed by atoms with Crippen molar-refractivity contribution in [1.82, 2.24) is 10.2 Å². The zero-order chi connectivity index (χ0) is 21.2. The van der Waals surface area contributed by atoms with Gasteiger partial charge in [-0.2, -0.15) is 0 Å². The molecule has 1 heterocycles. The Morgan fingerprint density at radius 3 is 2.48 bits per heavy atom. The fourth-order valence-electron chi connectivity index (χ4n) is 2.88. The van der Waals surface area contributed by atoms with Crippen LogP contribution in [0.5, 0.6) is 5.75 Å². The summed E-state index contributed by atoms with van der Waals surface area (Å²) in [6.07, 6.45) is -0.829. The van der Waals surface area contributed by atoms with Crippen LogP contribution in [0.4, 0.5) is 14.9 Å². The first kappa shape index (κ1) is 20.3. The van der Waals surface area contributed by atoms with E-state index in [4.69, 9.17) is 4.74 Å². The van der Waals surface area contributed by atoms with Gasteiger partial charge in [0, 0.05) is 11.8 Å². The Balaban J connectivity index is 1.58. The highest BCUT2D eigenvalue weighted by atomic mass is 19.1. The summed E-state index contributed by atoms with van der Waals surface area (Å²) in [6, 6.07) is 11.9. The first-order chi connectivity index (χ1) is 13.7. The van der Waals surface area contributed by atoms with Crippen molar-refractivity contribution in [2.45, 2.75) is 39.0 Å². The maximum absolute atomic E-state index is 13.2. The van der Waals surface area contributed by atoms with Gasteiger partial charge in [0.2, 0.25) is 0 Å². The zero-order valence-corrected chi connectivity index (χ0v) is 16.4. The van der Waals surface area contributed by atoms with Crippen LogP contribution < -0.4 is 15.4 Å². The Bertz CT molecular complexity index is 943. The van der Waals surface area contributed by atoms with Crippen LogP contribution >= 0.6 is 0 Å². The molecule has 8 heteroatoms. The van der Waals surface area contributed by atoms with E-state index in [0.29, 0.717) is 5.69 Å². The van der Waals surface area contributed by atoms with Crippen LogP contribution in [0.2, 0.25) is 0 Å². The minimum Gasteiger partial charge on any atom is -0.481 e.